The molecule has 0 saturated carbocycles. The van der Waals surface area contributed by atoms with E-state index >= 15 is 0 Å². The van der Waals surface area contributed by atoms with Crippen molar-refractivity contribution in [2.75, 3.05) is 20.1 Å². The molecule has 0 spiro atoms. The molecule has 1 heterocycles. The molecule has 88 valence electrons. The molecule has 0 saturated heterocycles. The van der Waals surface area contributed by atoms with Crippen LogP contribution in [0.5, 0.6) is 0 Å². The Morgan fingerprint density at radius 2 is 2.06 bits per heavy atom. The zero-order valence-electron chi connectivity index (χ0n) is 9.72. The molecule has 0 aliphatic heterocycles. The molecule has 1 amide bonds. The summed E-state index contributed by atoms with van der Waals surface area (Å²) in [5.74, 6) is -0.220. The summed E-state index contributed by atoms with van der Waals surface area (Å²) in [6.45, 7) is 1.90. The first-order valence-electron chi connectivity index (χ1n) is 5.54. The van der Waals surface area contributed by atoms with Gasteiger partial charge in [-0.2, -0.15) is 0 Å². The minimum atomic E-state index is -0.220. The number of likely N-dealkylation sites (N-methyl/N-ethyl adjacent to an activating group) is 1. The Kier molecular flexibility index (Phi) is 5.50. The summed E-state index contributed by atoms with van der Waals surface area (Å²) in [4.78, 5) is 16.7. The molecule has 1 aromatic heterocycles. The van der Waals surface area contributed by atoms with Crippen molar-refractivity contribution < 1.29 is 4.79 Å². The fourth-order valence-corrected chi connectivity index (χ4v) is 1.50. The van der Waals surface area contributed by atoms with E-state index in [1.807, 2.05) is 24.5 Å². The van der Waals surface area contributed by atoms with Crippen LogP contribution in [0.25, 0.3) is 0 Å². The molecule has 1 rings (SSSR count). The topological polar surface area (TPSA) is 59.2 Å². The Morgan fingerprint density at radius 1 is 1.38 bits per heavy atom. The van der Waals surface area contributed by atoms with Gasteiger partial charge >= 0.3 is 0 Å². The maximum Gasteiger partial charge on any atom is 0.217 e. The molecule has 0 unspecified atom stereocenters. The van der Waals surface area contributed by atoms with Gasteiger partial charge in [-0.1, -0.05) is 0 Å². The van der Waals surface area contributed by atoms with Gasteiger partial charge in [-0.05, 0) is 44.1 Å². The van der Waals surface area contributed by atoms with Gasteiger partial charge in [0.25, 0.3) is 0 Å². The number of carbonyl (C=O) groups excluding carboxylic acids is 1. The minimum Gasteiger partial charge on any atom is -0.370 e. The zero-order valence-corrected chi connectivity index (χ0v) is 9.72. The molecule has 4 nitrogen and oxygen atoms in total. The van der Waals surface area contributed by atoms with Crippen LogP contribution in [0, 0.1) is 0 Å². The monoisotopic (exact) mass is 221 g/mol. The largest absolute Gasteiger partial charge is 0.370 e. The third kappa shape index (κ3) is 5.46. The number of hydrogen-bond acceptors (Lipinski definition) is 3. The van der Waals surface area contributed by atoms with E-state index in [1.54, 1.807) is 0 Å². The van der Waals surface area contributed by atoms with Crippen molar-refractivity contribution in [2.45, 2.75) is 19.3 Å². The second kappa shape index (κ2) is 6.95. The number of hydrogen-bond donors (Lipinski definition) is 1. The van der Waals surface area contributed by atoms with Gasteiger partial charge in [0, 0.05) is 25.4 Å². The Morgan fingerprint density at radius 3 is 2.69 bits per heavy atom. The van der Waals surface area contributed by atoms with Gasteiger partial charge in [-0.25, -0.2) is 0 Å². The van der Waals surface area contributed by atoms with Crippen molar-refractivity contribution >= 4 is 5.91 Å². The van der Waals surface area contributed by atoms with Crippen LogP contribution in [0.2, 0.25) is 0 Å². The third-order valence-corrected chi connectivity index (χ3v) is 2.49. The number of amides is 1. The van der Waals surface area contributed by atoms with Gasteiger partial charge in [0.05, 0.1) is 0 Å². The van der Waals surface area contributed by atoms with E-state index in [2.05, 4.69) is 16.9 Å². The quantitative estimate of drug-likeness (QED) is 0.741. The molecule has 0 radical (unpaired) electrons. The minimum absolute atomic E-state index is 0.220. The van der Waals surface area contributed by atoms with Gasteiger partial charge in [0.15, 0.2) is 0 Å². The number of primary amides is 1. The van der Waals surface area contributed by atoms with E-state index in [0.29, 0.717) is 6.42 Å². The fourth-order valence-electron chi connectivity index (χ4n) is 1.50. The van der Waals surface area contributed by atoms with E-state index in [1.165, 1.54) is 5.56 Å². The molecule has 0 aromatic carbocycles. The van der Waals surface area contributed by atoms with Crippen molar-refractivity contribution in [1.29, 1.82) is 0 Å². The van der Waals surface area contributed by atoms with E-state index in [9.17, 15) is 4.79 Å². The number of nitrogens with zero attached hydrogens (tertiary/aromatic N) is 2. The van der Waals surface area contributed by atoms with Crippen LogP contribution < -0.4 is 5.73 Å². The van der Waals surface area contributed by atoms with Crippen LogP contribution in [-0.2, 0) is 11.2 Å². The Bertz CT molecular complexity index is 313. The molecule has 4 heteroatoms. The number of nitrogens with two attached hydrogens (primary N) is 1. The van der Waals surface area contributed by atoms with Crippen LogP contribution in [0.15, 0.2) is 24.5 Å². The van der Waals surface area contributed by atoms with Crippen LogP contribution >= 0.6 is 0 Å². The van der Waals surface area contributed by atoms with Crippen molar-refractivity contribution in [3.05, 3.63) is 30.1 Å². The summed E-state index contributed by atoms with van der Waals surface area (Å²) in [5.41, 5.74) is 6.37. The third-order valence-electron chi connectivity index (χ3n) is 2.49. The number of aromatic nitrogens is 1. The van der Waals surface area contributed by atoms with Gasteiger partial charge in [0.2, 0.25) is 5.91 Å². The Labute approximate surface area is 96.5 Å². The standard InChI is InChI=1S/C12H19N3O/c1-15(9-2-3-12(13)16)10-6-11-4-7-14-8-5-11/h4-5,7-8H,2-3,6,9-10H2,1H3,(H2,13,16). The summed E-state index contributed by atoms with van der Waals surface area (Å²) in [5, 5.41) is 0. The SMILES string of the molecule is CN(CCCC(N)=O)CCc1ccncc1. The van der Waals surface area contributed by atoms with Crippen LogP contribution in [0.3, 0.4) is 0 Å². The maximum absolute atomic E-state index is 10.6. The first-order valence-corrected chi connectivity index (χ1v) is 5.54. The fraction of sp³-hybridized carbons (Fsp3) is 0.500. The van der Waals surface area contributed by atoms with Gasteiger partial charge in [-0.15, -0.1) is 0 Å². The lowest BCUT2D eigenvalue weighted by Crippen LogP contribution is -2.23. The molecule has 2 N–H and O–H groups in total. The number of rotatable bonds is 7. The summed E-state index contributed by atoms with van der Waals surface area (Å²) in [6.07, 6.45) is 5.93. The first kappa shape index (κ1) is 12.6. The van der Waals surface area contributed by atoms with Gasteiger partial charge in [0.1, 0.15) is 0 Å². The van der Waals surface area contributed by atoms with Gasteiger partial charge in [-0.3, -0.25) is 9.78 Å². The number of carbonyl (C=O) groups is 1. The lowest BCUT2D eigenvalue weighted by molar-refractivity contribution is -0.118. The molecular weight excluding hydrogens is 202 g/mol. The zero-order chi connectivity index (χ0) is 11.8. The molecule has 1 aromatic rings. The highest BCUT2D eigenvalue weighted by Crippen LogP contribution is 2.00. The highest BCUT2D eigenvalue weighted by Gasteiger charge is 2.00. The first-order chi connectivity index (χ1) is 7.68. The van der Waals surface area contributed by atoms with Crippen LogP contribution in [-0.4, -0.2) is 35.9 Å². The van der Waals surface area contributed by atoms with E-state index in [0.717, 1.165) is 25.9 Å². The molecule has 0 fully saturated rings. The normalized spacial score (nSPS) is 10.6. The molecular formula is C12H19N3O. The van der Waals surface area contributed by atoms with Crippen LogP contribution in [0.1, 0.15) is 18.4 Å². The molecule has 0 aliphatic rings. The lowest BCUT2D eigenvalue weighted by Gasteiger charge is -2.15. The smallest absolute Gasteiger partial charge is 0.217 e. The predicted octanol–water partition coefficient (Wildman–Crippen LogP) is 0.821. The van der Waals surface area contributed by atoms with E-state index < -0.39 is 0 Å². The summed E-state index contributed by atoms with van der Waals surface area (Å²) in [7, 11) is 2.06. The second-order valence-corrected chi connectivity index (χ2v) is 3.98. The summed E-state index contributed by atoms with van der Waals surface area (Å²) < 4.78 is 0. The molecule has 0 aliphatic carbocycles. The average molecular weight is 221 g/mol. The predicted molar refractivity (Wildman–Crippen MR) is 63.9 cm³/mol. The van der Waals surface area contributed by atoms with Gasteiger partial charge < -0.3 is 10.6 Å². The van der Waals surface area contributed by atoms with Crippen molar-refractivity contribution in [1.82, 2.24) is 9.88 Å². The highest BCUT2D eigenvalue weighted by molar-refractivity contribution is 5.73. The van der Waals surface area contributed by atoms with Crippen LogP contribution in [0.4, 0.5) is 0 Å². The molecule has 16 heavy (non-hydrogen) atoms. The summed E-state index contributed by atoms with van der Waals surface area (Å²) >= 11 is 0. The number of pyridine rings is 1. The van der Waals surface area contributed by atoms with Crippen molar-refractivity contribution in [3.8, 4) is 0 Å². The van der Waals surface area contributed by atoms with Crippen molar-refractivity contribution in [3.63, 3.8) is 0 Å². The molecule has 0 bridgehead atoms. The Balaban J connectivity index is 2.15. The molecule has 0 atom stereocenters. The second-order valence-electron chi connectivity index (χ2n) is 3.98. The van der Waals surface area contributed by atoms with E-state index in [4.69, 9.17) is 5.73 Å². The average Bonchev–Trinajstić information content (AvgIpc) is 2.27. The maximum atomic E-state index is 10.6. The van der Waals surface area contributed by atoms with E-state index in [-0.39, 0.29) is 5.91 Å². The highest BCUT2D eigenvalue weighted by atomic mass is 16.1. The summed E-state index contributed by atoms with van der Waals surface area (Å²) in [6, 6.07) is 4.05. The van der Waals surface area contributed by atoms with Crippen molar-refractivity contribution in [2.24, 2.45) is 5.73 Å². The Hall–Kier alpha value is -1.42. The lowest BCUT2D eigenvalue weighted by atomic mass is 10.2.